The van der Waals surface area contributed by atoms with Gasteiger partial charge < -0.3 is 9.88 Å². The standard InChI is InChI=1S/C12H15F3N2O/c13-12(14,15)10-3-4-11(18)17(8-10)6-5-16-7-9-1-2-9/h3-4,8-9,16H,1-2,5-7H2. The van der Waals surface area contributed by atoms with E-state index in [1.54, 1.807) is 0 Å². The first kappa shape index (κ1) is 13.1. The number of hydrogen-bond donors (Lipinski definition) is 1. The lowest BCUT2D eigenvalue weighted by molar-refractivity contribution is -0.138. The molecule has 1 aromatic heterocycles. The molecule has 0 spiro atoms. The van der Waals surface area contributed by atoms with Crippen LogP contribution in [0.3, 0.4) is 0 Å². The molecule has 1 fully saturated rings. The number of nitrogens with zero attached hydrogens (tertiary/aromatic N) is 1. The lowest BCUT2D eigenvalue weighted by Gasteiger charge is -2.11. The van der Waals surface area contributed by atoms with Gasteiger partial charge in [0, 0.05) is 25.4 Å². The number of aromatic nitrogens is 1. The highest BCUT2D eigenvalue weighted by Gasteiger charge is 2.31. The van der Waals surface area contributed by atoms with Crippen molar-refractivity contribution in [2.75, 3.05) is 13.1 Å². The van der Waals surface area contributed by atoms with Gasteiger partial charge in [0.25, 0.3) is 5.56 Å². The molecule has 18 heavy (non-hydrogen) atoms. The Balaban J connectivity index is 1.95. The van der Waals surface area contributed by atoms with Crippen molar-refractivity contribution in [1.29, 1.82) is 0 Å². The quantitative estimate of drug-likeness (QED) is 0.820. The maximum Gasteiger partial charge on any atom is 0.417 e. The molecule has 6 heteroatoms. The Hall–Kier alpha value is -1.30. The molecular formula is C12H15F3N2O. The van der Waals surface area contributed by atoms with Gasteiger partial charge in [0.15, 0.2) is 0 Å². The van der Waals surface area contributed by atoms with E-state index in [9.17, 15) is 18.0 Å². The third kappa shape index (κ3) is 3.60. The van der Waals surface area contributed by atoms with Crippen LogP contribution in [0.2, 0.25) is 0 Å². The zero-order valence-corrected chi connectivity index (χ0v) is 9.83. The molecule has 1 heterocycles. The molecule has 0 unspecified atom stereocenters. The van der Waals surface area contributed by atoms with Crippen molar-refractivity contribution in [1.82, 2.24) is 9.88 Å². The molecular weight excluding hydrogens is 245 g/mol. The van der Waals surface area contributed by atoms with Crippen LogP contribution in [0.1, 0.15) is 18.4 Å². The van der Waals surface area contributed by atoms with Crippen molar-refractivity contribution in [2.24, 2.45) is 5.92 Å². The molecule has 0 saturated heterocycles. The SMILES string of the molecule is O=c1ccc(C(F)(F)F)cn1CCNCC1CC1. The summed E-state index contributed by atoms with van der Waals surface area (Å²) in [4.78, 5) is 11.4. The zero-order valence-electron chi connectivity index (χ0n) is 9.83. The van der Waals surface area contributed by atoms with E-state index in [-0.39, 0.29) is 6.54 Å². The van der Waals surface area contributed by atoms with Gasteiger partial charge in [-0.1, -0.05) is 0 Å². The van der Waals surface area contributed by atoms with E-state index >= 15 is 0 Å². The van der Waals surface area contributed by atoms with Crippen molar-refractivity contribution < 1.29 is 13.2 Å². The summed E-state index contributed by atoms with van der Waals surface area (Å²) in [5.74, 6) is 0.711. The summed E-state index contributed by atoms with van der Waals surface area (Å²) < 4.78 is 38.5. The van der Waals surface area contributed by atoms with Crippen LogP contribution in [0.15, 0.2) is 23.1 Å². The van der Waals surface area contributed by atoms with Crippen LogP contribution in [-0.2, 0) is 12.7 Å². The Morgan fingerprint density at radius 2 is 2.06 bits per heavy atom. The third-order valence-corrected chi connectivity index (χ3v) is 2.97. The number of hydrogen-bond acceptors (Lipinski definition) is 2. The summed E-state index contributed by atoms with van der Waals surface area (Å²) in [5.41, 5.74) is -1.19. The molecule has 100 valence electrons. The van der Waals surface area contributed by atoms with E-state index in [1.807, 2.05) is 0 Å². The largest absolute Gasteiger partial charge is 0.417 e. The minimum Gasteiger partial charge on any atom is -0.315 e. The number of pyridine rings is 1. The van der Waals surface area contributed by atoms with Gasteiger partial charge in [0.2, 0.25) is 0 Å². The molecule has 2 rings (SSSR count). The molecule has 0 aliphatic heterocycles. The summed E-state index contributed by atoms with van der Waals surface area (Å²) in [6.07, 6.45) is -1.09. The van der Waals surface area contributed by atoms with Gasteiger partial charge in [-0.05, 0) is 31.4 Å². The predicted molar refractivity (Wildman–Crippen MR) is 61.3 cm³/mol. The fourth-order valence-corrected chi connectivity index (χ4v) is 1.70. The van der Waals surface area contributed by atoms with Gasteiger partial charge in [-0.2, -0.15) is 13.2 Å². The van der Waals surface area contributed by atoms with Crippen LogP contribution in [0.5, 0.6) is 0 Å². The van der Waals surface area contributed by atoms with Crippen molar-refractivity contribution in [3.8, 4) is 0 Å². The molecule has 0 radical (unpaired) electrons. The van der Waals surface area contributed by atoms with Crippen molar-refractivity contribution in [2.45, 2.75) is 25.6 Å². The van der Waals surface area contributed by atoms with Gasteiger partial charge in [-0.3, -0.25) is 4.79 Å². The monoisotopic (exact) mass is 260 g/mol. The van der Waals surface area contributed by atoms with Crippen LogP contribution in [0, 0.1) is 5.92 Å². The van der Waals surface area contributed by atoms with Crippen molar-refractivity contribution >= 4 is 0 Å². The predicted octanol–water partition coefficient (Wildman–Crippen LogP) is 1.87. The average Bonchev–Trinajstić information content (AvgIpc) is 3.09. The molecule has 0 amide bonds. The molecule has 1 N–H and O–H groups in total. The molecule has 0 aromatic carbocycles. The van der Waals surface area contributed by atoms with E-state index < -0.39 is 17.3 Å². The molecule has 0 bridgehead atoms. The van der Waals surface area contributed by atoms with Gasteiger partial charge in [0.1, 0.15) is 0 Å². The molecule has 1 aliphatic rings. The van der Waals surface area contributed by atoms with Crippen molar-refractivity contribution in [3.05, 3.63) is 34.2 Å². The minimum absolute atomic E-state index is 0.259. The van der Waals surface area contributed by atoms with E-state index in [2.05, 4.69) is 5.32 Å². The van der Waals surface area contributed by atoms with E-state index in [0.717, 1.165) is 29.4 Å². The summed E-state index contributed by atoms with van der Waals surface area (Å²) >= 11 is 0. The van der Waals surface area contributed by atoms with Crippen LogP contribution in [-0.4, -0.2) is 17.7 Å². The van der Waals surface area contributed by atoms with Crippen LogP contribution >= 0.6 is 0 Å². The molecule has 1 saturated carbocycles. The summed E-state index contributed by atoms with van der Waals surface area (Å²) in [6, 6.07) is 1.78. The number of rotatable bonds is 5. The van der Waals surface area contributed by atoms with Gasteiger partial charge in [-0.25, -0.2) is 0 Å². The Labute approximate surface area is 103 Å². The van der Waals surface area contributed by atoms with E-state index in [4.69, 9.17) is 0 Å². The molecule has 3 nitrogen and oxygen atoms in total. The van der Waals surface area contributed by atoms with Gasteiger partial charge in [-0.15, -0.1) is 0 Å². The number of alkyl halides is 3. The smallest absolute Gasteiger partial charge is 0.315 e. The Morgan fingerprint density at radius 1 is 1.33 bits per heavy atom. The Kier molecular flexibility index (Phi) is 3.75. The van der Waals surface area contributed by atoms with Crippen LogP contribution < -0.4 is 10.9 Å². The fraction of sp³-hybridized carbons (Fsp3) is 0.583. The summed E-state index contributed by atoms with van der Waals surface area (Å²) in [5, 5.41) is 3.14. The average molecular weight is 260 g/mol. The maximum absolute atomic E-state index is 12.5. The number of halogens is 3. The molecule has 0 atom stereocenters. The first-order valence-corrected chi connectivity index (χ1v) is 5.95. The molecule has 1 aliphatic carbocycles. The molecule has 1 aromatic rings. The third-order valence-electron chi connectivity index (χ3n) is 2.97. The second-order valence-electron chi connectivity index (χ2n) is 4.59. The first-order chi connectivity index (χ1) is 8.47. The highest BCUT2D eigenvalue weighted by atomic mass is 19.4. The van der Waals surface area contributed by atoms with Crippen LogP contribution in [0.4, 0.5) is 13.2 Å². The summed E-state index contributed by atoms with van der Waals surface area (Å²) in [6.45, 7) is 1.65. The first-order valence-electron chi connectivity index (χ1n) is 5.95. The van der Waals surface area contributed by atoms with Crippen LogP contribution in [0.25, 0.3) is 0 Å². The highest BCUT2D eigenvalue weighted by molar-refractivity contribution is 5.13. The second kappa shape index (κ2) is 5.14. The summed E-state index contributed by atoms with van der Waals surface area (Å²) in [7, 11) is 0. The lowest BCUT2D eigenvalue weighted by Crippen LogP contribution is -2.28. The van der Waals surface area contributed by atoms with Crippen molar-refractivity contribution in [3.63, 3.8) is 0 Å². The van der Waals surface area contributed by atoms with Gasteiger partial charge >= 0.3 is 6.18 Å². The van der Waals surface area contributed by atoms with E-state index in [0.29, 0.717) is 12.5 Å². The maximum atomic E-state index is 12.5. The lowest BCUT2D eigenvalue weighted by atomic mass is 10.3. The second-order valence-corrected chi connectivity index (χ2v) is 4.59. The van der Waals surface area contributed by atoms with Gasteiger partial charge in [0.05, 0.1) is 5.56 Å². The highest BCUT2D eigenvalue weighted by Crippen LogP contribution is 2.28. The Bertz CT molecular complexity index is 463. The fourth-order valence-electron chi connectivity index (χ4n) is 1.70. The topological polar surface area (TPSA) is 34.0 Å². The Morgan fingerprint density at radius 3 is 2.67 bits per heavy atom. The zero-order chi connectivity index (χ0) is 13.2. The minimum atomic E-state index is -4.41. The normalized spacial score (nSPS) is 15.9. The number of nitrogens with one attached hydrogen (secondary N) is 1. The van der Waals surface area contributed by atoms with E-state index in [1.165, 1.54) is 12.8 Å².